The minimum absolute atomic E-state index is 0.0695. The average Bonchev–Trinajstić information content (AvgIpc) is 1.98. The third kappa shape index (κ3) is 2.67. The van der Waals surface area contributed by atoms with Crippen LogP contribution < -0.4 is 0 Å². The van der Waals surface area contributed by atoms with Crippen LogP contribution in [-0.4, -0.2) is 17.1 Å². The van der Waals surface area contributed by atoms with Gasteiger partial charge in [-0.1, -0.05) is 12.7 Å². The molecule has 58 valence electrons. The van der Waals surface area contributed by atoms with Crippen molar-refractivity contribution in [3.8, 4) is 0 Å². The molecule has 0 fully saturated rings. The monoisotopic (exact) mass is 151 g/mol. The molecule has 1 unspecified atom stereocenters. The lowest BCUT2D eigenvalue weighted by Gasteiger charge is -1.99. The van der Waals surface area contributed by atoms with Gasteiger partial charge in [-0.15, -0.1) is 6.58 Å². The van der Waals surface area contributed by atoms with Crippen LogP contribution in [0.3, 0.4) is 0 Å². The standard InChI is InChI=1S/C8H9NO2/c1-4-5-7(9-3)6(2)8(10)11/h4,7H,1-2,5H2,(H,10,11). The highest BCUT2D eigenvalue weighted by Crippen LogP contribution is 2.09. The number of aliphatic carboxylic acids is 1. The van der Waals surface area contributed by atoms with Crippen LogP contribution >= 0.6 is 0 Å². The molecule has 0 aliphatic rings. The van der Waals surface area contributed by atoms with E-state index >= 15 is 0 Å². The Hall–Kier alpha value is -1.56. The van der Waals surface area contributed by atoms with Gasteiger partial charge < -0.3 is 9.95 Å². The van der Waals surface area contributed by atoms with Gasteiger partial charge in [0.1, 0.15) is 5.57 Å². The molecule has 0 aromatic heterocycles. The lowest BCUT2D eigenvalue weighted by Crippen LogP contribution is -2.12. The van der Waals surface area contributed by atoms with Gasteiger partial charge in [-0.25, -0.2) is 11.4 Å². The Kier molecular flexibility index (Phi) is 3.68. The number of hydrogen-bond acceptors (Lipinski definition) is 1. The highest BCUT2D eigenvalue weighted by Gasteiger charge is 2.20. The Morgan fingerprint density at radius 1 is 1.82 bits per heavy atom. The maximum absolute atomic E-state index is 10.3. The summed E-state index contributed by atoms with van der Waals surface area (Å²) in [6.07, 6.45) is 1.85. The van der Waals surface area contributed by atoms with E-state index in [1.165, 1.54) is 6.08 Å². The van der Waals surface area contributed by atoms with E-state index in [0.29, 0.717) is 6.42 Å². The van der Waals surface area contributed by atoms with E-state index in [2.05, 4.69) is 18.0 Å². The van der Waals surface area contributed by atoms with Gasteiger partial charge in [0.2, 0.25) is 0 Å². The van der Waals surface area contributed by atoms with Gasteiger partial charge in [-0.2, -0.15) is 0 Å². The fourth-order valence-corrected chi connectivity index (χ4v) is 0.573. The van der Waals surface area contributed by atoms with Crippen molar-refractivity contribution < 1.29 is 9.90 Å². The smallest absolute Gasteiger partial charge is 0.338 e. The molecule has 1 atom stereocenters. The minimum Gasteiger partial charge on any atom is -0.478 e. The zero-order valence-corrected chi connectivity index (χ0v) is 6.08. The highest BCUT2D eigenvalue weighted by atomic mass is 16.4. The van der Waals surface area contributed by atoms with E-state index in [1.54, 1.807) is 0 Å². The summed E-state index contributed by atoms with van der Waals surface area (Å²) in [5.74, 6) is -1.12. The van der Waals surface area contributed by atoms with Crippen LogP contribution in [0.1, 0.15) is 6.42 Å². The Labute approximate surface area is 65.5 Å². The summed E-state index contributed by atoms with van der Waals surface area (Å²) >= 11 is 0. The molecule has 3 nitrogen and oxygen atoms in total. The number of carbonyl (C=O) groups is 1. The van der Waals surface area contributed by atoms with Gasteiger partial charge in [0, 0.05) is 6.42 Å². The molecule has 0 saturated heterocycles. The third-order valence-corrected chi connectivity index (χ3v) is 1.22. The molecule has 0 aliphatic carbocycles. The van der Waals surface area contributed by atoms with Gasteiger partial charge in [0.15, 0.2) is 0 Å². The number of carboxylic acid groups (broad SMARTS) is 1. The zero-order chi connectivity index (χ0) is 8.85. The lowest BCUT2D eigenvalue weighted by atomic mass is 10.1. The SMILES string of the molecule is [C-]#[N+]C(CC=C)C(=C)C(=O)O. The Balaban J connectivity index is 4.28. The fraction of sp³-hybridized carbons (Fsp3) is 0.250. The van der Waals surface area contributed by atoms with Crippen molar-refractivity contribution in [2.45, 2.75) is 12.5 Å². The first-order chi connectivity index (χ1) is 5.13. The van der Waals surface area contributed by atoms with Crippen molar-refractivity contribution in [3.63, 3.8) is 0 Å². The van der Waals surface area contributed by atoms with Crippen molar-refractivity contribution >= 4 is 5.97 Å². The molecule has 0 bridgehead atoms. The molecule has 0 heterocycles. The first-order valence-corrected chi connectivity index (χ1v) is 3.03. The van der Waals surface area contributed by atoms with Crippen LogP contribution in [0.25, 0.3) is 4.85 Å². The van der Waals surface area contributed by atoms with E-state index in [1.807, 2.05) is 0 Å². The predicted octanol–water partition coefficient (Wildman–Crippen LogP) is 1.49. The Morgan fingerprint density at radius 3 is 2.64 bits per heavy atom. The van der Waals surface area contributed by atoms with E-state index in [0.717, 1.165) is 0 Å². The van der Waals surface area contributed by atoms with Crippen molar-refractivity contribution in [1.29, 1.82) is 0 Å². The van der Waals surface area contributed by atoms with Crippen LogP contribution in [-0.2, 0) is 4.79 Å². The molecule has 0 radical (unpaired) electrons. The second kappa shape index (κ2) is 4.29. The molecule has 0 saturated carbocycles. The first-order valence-electron chi connectivity index (χ1n) is 3.03. The van der Waals surface area contributed by atoms with Crippen LogP contribution in [0.4, 0.5) is 0 Å². The van der Waals surface area contributed by atoms with E-state index in [-0.39, 0.29) is 5.57 Å². The summed E-state index contributed by atoms with van der Waals surface area (Å²) in [6.45, 7) is 13.3. The quantitative estimate of drug-likeness (QED) is 0.375. The van der Waals surface area contributed by atoms with Crippen molar-refractivity contribution in [2.24, 2.45) is 0 Å². The van der Waals surface area contributed by atoms with Crippen molar-refractivity contribution in [1.82, 2.24) is 0 Å². The van der Waals surface area contributed by atoms with Crippen LogP contribution in [0.2, 0.25) is 0 Å². The minimum atomic E-state index is -1.12. The molecule has 0 aromatic carbocycles. The largest absolute Gasteiger partial charge is 0.478 e. The lowest BCUT2D eigenvalue weighted by molar-refractivity contribution is -0.132. The fourth-order valence-electron chi connectivity index (χ4n) is 0.573. The molecule has 1 N–H and O–H groups in total. The summed E-state index contributed by atoms with van der Waals surface area (Å²) in [6, 6.07) is -0.662. The van der Waals surface area contributed by atoms with Gasteiger partial charge in [-0.3, -0.25) is 0 Å². The van der Waals surface area contributed by atoms with Crippen molar-refractivity contribution in [3.05, 3.63) is 36.2 Å². The maximum Gasteiger partial charge on any atom is 0.338 e. The van der Waals surface area contributed by atoms with Crippen LogP contribution in [0.15, 0.2) is 24.8 Å². The van der Waals surface area contributed by atoms with E-state index in [9.17, 15) is 4.79 Å². The van der Waals surface area contributed by atoms with E-state index in [4.69, 9.17) is 11.7 Å². The molecule has 0 aliphatic heterocycles. The van der Waals surface area contributed by atoms with Gasteiger partial charge in [0.25, 0.3) is 6.04 Å². The summed E-state index contributed by atoms with van der Waals surface area (Å²) in [4.78, 5) is 13.4. The van der Waals surface area contributed by atoms with Gasteiger partial charge >= 0.3 is 5.97 Å². The molecule has 0 aromatic rings. The predicted molar refractivity (Wildman–Crippen MR) is 42.0 cm³/mol. The van der Waals surface area contributed by atoms with Crippen molar-refractivity contribution in [2.75, 3.05) is 0 Å². The molecule has 0 rings (SSSR count). The molecular formula is C8H9NO2. The zero-order valence-electron chi connectivity index (χ0n) is 6.08. The molecule has 0 spiro atoms. The van der Waals surface area contributed by atoms with Crippen LogP contribution in [0.5, 0.6) is 0 Å². The van der Waals surface area contributed by atoms with Gasteiger partial charge in [-0.05, 0) is 0 Å². The van der Waals surface area contributed by atoms with E-state index < -0.39 is 12.0 Å². The Morgan fingerprint density at radius 2 is 2.36 bits per heavy atom. The van der Waals surface area contributed by atoms with Gasteiger partial charge in [0.05, 0.1) is 0 Å². The molecule has 11 heavy (non-hydrogen) atoms. The number of nitrogens with zero attached hydrogens (tertiary/aromatic N) is 1. The second-order valence-corrected chi connectivity index (χ2v) is 2.00. The second-order valence-electron chi connectivity index (χ2n) is 2.00. The summed E-state index contributed by atoms with van der Waals surface area (Å²) < 4.78 is 0. The number of carboxylic acids is 1. The van der Waals surface area contributed by atoms with Crippen LogP contribution in [0, 0.1) is 6.57 Å². The summed E-state index contributed by atoms with van der Waals surface area (Å²) in [5, 5.41) is 8.43. The Bertz CT molecular complexity index is 225. The maximum atomic E-state index is 10.3. The molecule has 3 heteroatoms. The summed E-state index contributed by atoms with van der Waals surface area (Å²) in [7, 11) is 0. The number of rotatable bonds is 4. The topological polar surface area (TPSA) is 41.7 Å². The molecule has 0 amide bonds. The third-order valence-electron chi connectivity index (χ3n) is 1.22. The summed E-state index contributed by atoms with van der Waals surface area (Å²) in [5.41, 5.74) is -0.0695. The normalized spacial score (nSPS) is 11.2. The molecular weight excluding hydrogens is 142 g/mol. The average molecular weight is 151 g/mol. The first kappa shape index (κ1) is 9.44. The highest BCUT2D eigenvalue weighted by molar-refractivity contribution is 5.87. The number of hydrogen-bond donors (Lipinski definition) is 1.